The number of amides is 1. The van der Waals surface area contributed by atoms with Gasteiger partial charge in [0.05, 0.1) is 11.6 Å². The minimum absolute atomic E-state index is 0.0476. The van der Waals surface area contributed by atoms with E-state index >= 15 is 0 Å². The van der Waals surface area contributed by atoms with Gasteiger partial charge in [0.15, 0.2) is 0 Å². The lowest BCUT2D eigenvalue weighted by atomic mass is 10.2. The Kier molecular flexibility index (Phi) is 3.94. The number of carbonyl (C=O) groups excluding carboxylic acids is 1. The van der Waals surface area contributed by atoms with Crippen molar-refractivity contribution in [3.63, 3.8) is 0 Å². The molecule has 19 heavy (non-hydrogen) atoms. The Morgan fingerprint density at radius 1 is 1.42 bits per heavy atom. The molecule has 1 N–H and O–H groups in total. The molecule has 1 heterocycles. The van der Waals surface area contributed by atoms with Crippen LogP contribution in [0.1, 0.15) is 20.3 Å². The van der Waals surface area contributed by atoms with Gasteiger partial charge in [0.25, 0.3) is 5.56 Å². The van der Waals surface area contributed by atoms with E-state index in [-0.39, 0.29) is 24.1 Å². The van der Waals surface area contributed by atoms with Crippen molar-refractivity contribution in [3.05, 3.63) is 40.8 Å². The Balaban J connectivity index is 2.24. The molecule has 0 bridgehead atoms. The van der Waals surface area contributed by atoms with Gasteiger partial charge < -0.3 is 5.32 Å². The minimum Gasteiger partial charge on any atom is -0.352 e. The topological polar surface area (TPSA) is 64.0 Å². The van der Waals surface area contributed by atoms with Crippen molar-refractivity contribution in [1.29, 1.82) is 0 Å². The van der Waals surface area contributed by atoms with Crippen LogP contribution in [0, 0.1) is 0 Å². The summed E-state index contributed by atoms with van der Waals surface area (Å²) in [5, 5.41) is 8.20. The van der Waals surface area contributed by atoms with Crippen molar-refractivity contribution < 1.29 is 4.79 Å². The number of hydrogen-bond acceptors (Lipinski definition) is 3. The van der Waals surface area contributed by atoms with Crippen LogP contribution in [0.4, 0.5) is 0 Å². The zero-order chi connectivity index (χ0) is 13.8. The number of aromatic nitrogens is 2. The highest BCUT2D eigenvalue weighted by molar-refractivity contribution is 5.81. The van der Waals surface area contributed by atoms with Gasteiger partial charge in [-0.1, -0.05) is 25.1 Å². The van der Waals surface area contributed by atoms with Crippen molar-refractivity contribution in [1.82, 2.24) is 15.1 Å². The Hall–Kier alpha value is -2.17. The Morgan fingerprint density at radius 2 is 2.16 bits per heavy atom. The molecule has 1 amide bonds. The smallest absolute Gasteiger partial charge is 0.275 e. The summed E-state index contributed by atoms with van der Waals surface area (Å²) in [6, 6.07) is 7.32. The molecule has 100 valence electrons. The average molecular weight is 259 g/mol. The van der Waals surface area contributed by atoms with Crippen LogP contribution in [0.25, 0.3) is 10.8 Å². The summed E-state index contributed by atoms with van der Waals surface area (Å²) in [4.78, 5) is 23.9. The SMILES string of the molecule is CC[C@H](C)NC(=O)Cn1ncc2ccccc2c1=O. The standard InChI is InChI=1S/C14H17N3O2/c1-3-10(2)16-13(18)9-17-14(19)12-7-5-4-6-11(12)8-15-17/h4-8,10H,3,9H2,1-2H3,(H,16,18)/t10-/m0/s1. The van der Waals surface area contributed by atoms with Gasteiger partial charge in [0.1, 0.15) is 6.54 Å². The first-order chi connectivity index (χ1) is 9.11. The van der Waals surface area contributed by atoms with Crippen molar-refractivity contribution >= 4 is 16.7 Å². The molecule has 5 nitrogen and oxygen atoms in total. The fraction of sp³-hybridized carbons (Fsp3) is 0.357. The zero-order valence-electron chi connectivity index (χ0n) is 11.1. The van der Waals surface area contributed by atoms with Crippen LogP contribution in [0.2, 0.25) is 0 Å². The van der Waals surface area contributed by atoms with E-state index in [1.165, 1.54) is 4.68 Å². The molecular formula is C14H17N3O2. The van der Waals surface area contributed by atoms with Crippen LogP contribution in [-0.2, 0) is 11.3 Å². The number of rotatable bonds is 4. The summed E-state index contributed by atoms with van der Waals surface area (Å²) in [5.41, 5.74) is -0.239. The summed E-state index contributed by atoms with van der Waals surface area (Å²) >= 11 is 0. The van der Waals surface area contributed by atoms with Gasteiger partial charge in [-0.15, -0.1) is 0 Å². The van der Waals surface area contributed by atoms with Gasteiger partial charge in [-0.2, -0.15) is 5.10 Å². The average Bonchev–Trinajstić information content (AvgIpc) is 2.42. The molecule has 0 spiro atoms. The third-order valence-electron chi connectivity index (χ3n) is 3.07. The van der Waals surface area contributed by atoms with E-state index in [2.05, 4.69) is 10.4 Å². The van der Waals surface area contributed by atoms with Crippen LogP contribution in [-0.4, -0.2) is 21.7 Å². The molecule has 0 radical (unpaired) electrons. The van der Waals surface area contributed by atoms with E-state index in [0.29, 0.717) is 5.39 Å². The number of nitrogens with one attached hydrogen (secondary N) is 1. The molecule has 2 rings (SSSR count). The van der Waals surface area contributed by atoms with E-state index in [1.54, 1.807) is 18.3 Å². The fourth-order valence-corrected chi connectivity index (χ4v) is 1.80. The molecule has 0 fully saturated rings. The van der Waals surface area contributed by atoms with Crippen molar-refractivity contribution in [2.75, 3.05) is 0 Å². The highest BCUT2D eigenvalue weighted by atomic mass is 16.2. The number of fused-ring (bicyclic) bond motifs is 1. The van der Waals surface area contributed by atoms with Gasteiger partial charge >= 0.3 is 0 Å². The number of hydrogen-bond donors (Lipinski definition) is 1. The normalized spacial score (nSPS) is 12.3. The molecule has 0 unspecified atom stereocenters. The van der Waals surface area contributed by atoms with Crippen molar-refractivity contribution in [2.24, 2.45) is 0 Å². The molecule has 1 aromatic heterocycles. The summed E-state index contributed by atoms with van der Waals surface area (Å²) in [7, 11) is 0. The maximum Gasteiger partial charge on any atom is 0.275 e. The second kappa shape index (κ2) is 5.65. The van der Waals surface area contributed by atoms with Crippen LogP contribution >= 0.6 is 0 Å². The second-order valence-corrected chi connectivity index (χ2v) is 4.57. The first-order valence-corrected chi connectivity index (χ1v) is 6.36. The number of carbonyl (C=O) groups is 1. The van der Waals surface area contributed by atoms with E-state index in [0.717, 1.165) is 11.8 Å². The predicted octanol–water partition coefficient (Wildman–Crippen LogP) is 1.31. The first kappa shape index (κ1) is 13.3. The molecule has 5 heteroatoms. The van der Waals surface area contributed by atoms with Crippen LogP contribution < -0.4 is 10.9 Å². The molecule has 0 aliphatic rings. The summed E-state index contributed by atoms with van der Waals surface area (Å²) < 4.78 is 1.19. The molecule has 2 aromatic rings. The van der Waals surface area contributed by atoms with Gasteiger partial charge in [-0.3, -0.25) is 9.59 Å². The van der Waals surface area contributed by atoms with E-state index < -0.39 is 0 Å². The molecule has 0 aliphatic carbocycles. The Morgan fingerprint density at radius 3 is 2.89 bits per heavy atom. The lowest BCUT2D eigenvalue weighted by Gasteiger charge is -2.11. The van der Waals surface area contributed by atoms with Gasteiger partial charge in [-0.25, -0.2) is 4.68 Å². The molecule has 0 saturated heterocycles. The lowest BCUT2D eigenvalue weighted by Crippen LogP contribution is -2.37. The van der Waals surface area contributed by atoms with Crippen molar-refractivity contribution in [2.45, 2.75) is 32.9 Å². The van der Waals surface area contributed by atoms with E-state index in [4.69, 9.17) is 0 Å². The van der Waals surface area contributed by atoms with Crippen molar-refractivity contribution in [3.8, 4) is 0 Å². The van der Waals surface area contributed by atoms with Crippen LogP contribution in [0.3, 0.4) is 0 Å². The summed E-state index contributed by atoms with van der Waals surface area (Å²) in [6.45, 7) is 3.87. The summed E-state index contributed by atoms with van der Waals surface area (Å²) in [6.07, 6.45) is 2.46. The highest BCUT2D eigenvalue weighted by Gasteiger charge is 2.09. The molecule has 1 atom stereocenters. The molecule has 0 saturated carbocycles. The van der Waals surface area contributed by atoms with E-state index in [1.807, 2.05) is 26.0 Å². The number of nitrogens with zero attached hydrogens (tertiary/aromatic N) is 2. The predicted molar refractivity (Wildman–Crippen MR) is 73.9 cm³/mol. The quantitative estimate of drug-likeness (QED) is 0.900. The maximum absolute atomic E-state index is 12.1. The Labute approximate surface area is 111 Å². The maximum atomic E-state index is 12.1. The molecular weight excluding hydrogens is 242 g/mol. The molecule has 1 aromatic carbocycles. The minimum atomic E-state index is -0.239. The fourth-order valence-electron chi connectivity index (χ4n) is 1.80. The summed E-state index contributed by atoms with van der Waals surface area (Å²) in [5.74, 6) is -0.195. The third-order valence-corrected chi connectivity index (χ3v) is 3.07. The van der Waals surface area contributed by atoms with Crippen LogP contribution in [0.5, 0.6) is 0 Å². The van der Waals surface area contributed by atoms with Gasteiger partial charge in [0.2, 0.25) is 5.91 Å². The third kappa shape index (κ3) is 2.99. The van der Waals surface area contributed by atoms with Crippen LogP contribution in [0.15, 0.2) is 35.3 Å². The zero-order valence-corrected chi connectivity index (χ0v) is 11.1. The monoisotopic (exact) mass is 259 g/mol. The number of benzene rings is 1. The van der Waals surface area contributed by atoms with Gasteiger partial charge in [0, 0.05) is 11.4 Å². The molecule has 0 aliphatic heterocycles. The van der Waals surface area contributed by atoms with E-state index in [9.17, 15) is 9.59 Å². The highest BCUT2D eigenvalue weighted by Crippen LogP contribution is 2.06. The second-order valence-electron chi connectivity index (χ2n) is 4.57. The lowest BCUT2D eigenvalue weighted by molar-refractivity contribution is -0.122. The first-order valence-electron chi connectivity index (χ1n) is 6.36. The largest absolute Gasteiger partial charge is 0.352 e. The van der Waals surface area contributed by atoms with Gasteiger partial charge in [-0.05, 0) is 19.4 Å². The Bertz CT molecular complexity index is 648.